The van der Waals surface area contributed by atoms with E-state index in [-0.39, 0.29) is 5.91 Å². The first-order chi connectivity index (χ1) is 15.5. The zero-order valence-electron chi connectivity index (χ0n) is 18.8. The molecule has 0 bridgehead atoms. The molecule has 0 radical (unpaired) electrons. The number of nitrogens with one attached hydrogen (secondary N) is 1. The fourth-order valence-electron chi connectivity index (χ4n) is 3.90. The number of aromatic nitrogens is 1. The van der Waals surface area contributed by atoms with Crippen molar-refractivity contribution in [2.45, 2.75) is 39.7 Å². The SMILES string of the molecule is COc1cc(C(=O)Nc2ccc(N3CCCCC3)cc2)ccc1OCc1c(C)noc1C. The summed E-state index contributed by atoms with van der Waals surface area (Å²) in [7, 11) is 1.55. The standard InChI is InChI=1S/C25H29N3O4/c1-17-22(18(2)32-27-17)16-31-23-12-7-19(15-24(23)30-3)25(29)26-20-8-10-21(11-9-20)28-13-5-4-6-14-28/h7-12,15H,4-6,13-14,16H2,1-3H3,(H,26,29). The van der Waals surface area contributed by atoms with E-state index in [2.05, 4.69) is 27.5 Å². The van der Waals surface area contributed by atoms with Crippen molar-refractivity contribution >= 4 is 17.3 Å². The first kappa shape index (κ1) is 21.7. The summed E-state index contributed by atoms with van der Waals surface area (Å²) in [5.74, 6) is 1.56. The molecule has 1 aromatic heterocycles. The first-order valence-corrected chi connectivity index (χ1v) is 10.9. The molecule has 7 heteroatoms. The summed E-state index contributed by atoms with van der Waals surface area (Å²) < 4.78 is 16.5. The molecule has 0 aliphatic carbocycles. The van der Waals surface area contributed by atoms with Gasteiger partial charge in [-0.2, -0.15) is 0 Å². The number of anilines is 2. The Bertz CT molecular complexity index is 1050. The number of carbonyl (C=O) groups excluding carboxylic acids is 1. The van der Waals surface area contributed by atoms with E-state index in [0.29, 0.717) is 23.7 Å². The summed E-state index contributed by atoms with van der Waals surface area (Å²) in [6.07, 6.45) is 3.77. The van der Waals surface area contributed by atoms with E-state index < -0.39 is 0 Å². The number of carbonyl (C=O) groups is 1. The Hall–Kier alpha value is -3.48. The Morgan fingerprint density at radius 2 is 1.81 bits per heavy atom. The molecule has 1 saturated heterocycles. The molecule has 1 amide bonds. The molecule has 0 spiro atoms. The van der Waals surface area contributed by atoms with Crippen LogP contribution < -0.4 is 19.7 Å². The summed E-state index contributed by atoms with van der Waals surface area (Å²) >= 11 is 0. The van der Waals surface area contributed by atoms with Gasteiger partial charge in [0.25, 0.3) is 5.91 Å². The Morgan fingerprint density at radius 1 is 1.06 bits per heavy atom. The Morgan fingerprint density at radius 3 is 2.47 bits per heavy atom. The van der Waals surface area contributed by atoms with E-state index in [4.69, 9.17) is 14.0 Å². The normalized spacial score (nSPS) is 13.7. The van der Waals surface area contributed by atoms with Crippen molar-refractivity contribution < 1.29 is 18.8 Å². The second kappa shape index (κ2) is 9.77. The van der Waals surface area contributed by atoms with E-state index >= 15 is 0 Å². The van der Waals surface area contributed by atoms with Crippen LogP contribution in [0.25, 0.3) is 0 Å². The van der Waals surface area contributed by atoms with Crippen LogP contribution >= 0.6 is 0 Å². The minimum atomic E-state index is -0.203. The minimum absolute atomic E-state index is 0.203. The maximum Gasteiger partial charge on any atom is 0.255 e. The molecule has 32 heavy (non-hydrogen) atoms. The van der Waals surface area contributed by atoms with Gasteiger partial charge in [-0.1, -0.05) is 5.16 Å². The molecule has 7 nitrogen and oxygen atoms in total. The molecule has 2 heterocycles. The average molecular weight is 436 g/mol. The van der Waals surface area contributed by atoms with Crippen LogP contribution in [0.15, 0.2) is 47.0 Å². The van der Waals surface area contributed by atoms with Gasteiger partial charge in [-0.05, 0) is 75.6 Å². The van der Waals surface area contributed by atoms with Crippen LogP contribution in [0.4, 0.5) is 11.4 Å². The predicted molar refractivity (Wildman–Crippen MR) is 124 cm³/mol. The molecule has 1 aliphatic rings. The molecule has 0 saturated carbocycles. The number of piperidine rings is 1. The van der Waals surface area contributed by atoms with Gasteiger partial charge in [0.2, 0.25) is 0 Å². The number of methoxy groups -OCH3 is 1. The van der Waals surface area contributed by atoms with Crippen LogP contribution in [-0.4, -0.2) is 31.3 Å². The van der Waals surface area contributed by atoms with Gasteiger partial charge in [0, 0.05) is 30.0 Å². The summed E-state index contributed by atoms with van der Waals surface area (Å²) in [6, 6.07) is 13.2. The maximum atomic E-state index is 12.8. The summed E-state index contributed by atoms with van der Waals surface area (Å²) in [4.78, 5) is 15.2. The largest absolute Gasteiger partial charge is 0.493 e. The maximum absolute atomic E-state index is 12.8. The quantitative estimate of drug-likeness (QED) is 0.555. The summed E-state index contributed by atoms with van der Waals surface area (Å²) in [5.41, 5.74) is 4.15. The van der Waals surface area contributed by atoms with Crippen LogP contribution in [0, 0.1) is 13.8 Å². The van der Waals surface area contributed by atoms with E-state index in [0.717, 1.165) is 35.8 Å². The topological polar surface area (TPSA) is 76.8 Å². The monoisotopic (exact) mass is 435 g/mol. The Balaban J connectivity index is 1.41. The van der Waals surface area contributed by atoms with E-state index in [1.54, 1.807) is 25.3 Å². The number of ether oxygens (including phenoxy) is 2. The van der Waals surface area contributed by atoms with Crippen molar-refractivity contribution in [2.75, 3.05) is 30.4 Å². The zero-order chi connectivity index (χ0) is 22.5. The number of benzene rings is 2. The van der Waals surface area contributed by atoms with Crippen LogP contribution in [0.1, 0.15) is 46.6 Å². The van der Waals surface area contributed by atoms with Crippen molar-refractivity contribution in [2.24, 2.45) is 0 Å². The van der Waals surface area contributed by atoms with E-state index in [1.807, 2.05) is 26.0 Å². The number of nitrogens with zero attached hydrogens (tertiary/aromatic N) is 2. The number of hydrogen-bond acceptors (Lipinski definition) is 6. The highest BCUT2D eigenvalue weighted by Gasteiger charge is 2.15. The van der Waals surface area contributed by atoms with Crippen molar-refractivity contribution in [3.63, 3.8) is 0 Å². The van der Waals surface area contributed by atoms with Gasteiger partial charge in [0.15, 0.2) is 11.5 Å². The molecule has 3 aromatic rings. The van der Waals surface area contributed by atoms with Crippen LogP contribution in [-0.2, 0) is 6.61 Å². The van der Waals surface area contributed by atoms with Crippen molar-refractivity contribution in [1.82, 2.24) is 5.16 Å². The van der Waals surface area contributed by atoms with Crippen LogP contribution in [0.5, 0.6) is 11.5 Å². The third-order valence-corrected chi connectivity index (χ3v) is 5.83. The van der Waals surface area contributed by atoms with E-state index in [9.17, 15) is 4.79 Å². The molecule has 4 rings (SSSR count). The molecular formula is C25H29N3O4. The fourth-order valence-corrected chi connectivity index (χ4v) is 3.90. The number of hydrogen-bond donors (Lipinski definition) is 1. The van der Waals surface area contributed by atoms with Gasteiger partial charge >= 0.3 is 0 Å². The highest BCUT2D eigenvalue weighted by Crippen LogP contribution is 2.30. The number of amides is 1. The van der Waals surface area contributed by atoms with Crippen molar-refractivity contribution in [3.8, 4) is 11.5 Å². The smallest absolute Gasteiger partial charge is 0.255 e. The first-order valence-electron chi connectivity index (χ1n) is 10.9. The van der Waals surface area contributed by atoms with Crippen LogP contribution in [0.2, 0.25) is 0 Å². The lowest BCUT2D eigenvalue weighted by Gasteiger charge is -2.28. The van der Waals surface area contributed by atoms with E-state index in [1.165, 1.54) is 24.9 Å². The zero-order valence-corrected chi connectivity index (χ0v) is 18.8. The molecular weight excluding hydrogens is 406 g/mol. The van der Waals surface area contributed by atoms with Gasteiger partial charge in [0.05, 0.1) is 18.4 Å². The third-order valence-electron chi connectivity index (χ3n) is 5.83. The fraction of sp³-hybridized carbons (Fsp3) is 0.360. The highest BCUT2D eigenvalue weighted by atomic mass is 16.5. The van der Waals surface area contributed by atoms with Crippen LogP contribution in [0.3, 0.4) is 0 Å². The lowest BCUT2D eigenvalue weighted by atomic mass is 10.1. The third kappa shape index (κ3) is 4.88. The predicted octanol–water partition coefficient (Wildman–Crippen LogP) is 5.12. The molecule has 1 N–H and O–H groups in total. The Labute approximate surface area is 188 Å². The van der Waals surface area contributed by atoms with Gasteiger partial charge in [-0.25, -0.2) is 0 Å². The van der Waals surface area contributed by atoms with Gasteiger partial charge in [-0.15, -0.1) is 0 Å². The Kier molecular flexibility index (Phi) is 6.63. The second-order valence-corrected chi connectivity index (χ2v) is 8.01. The molecule has 2 aromatic carbocycles. The minimum Gasteiger partial charge on any atom is -0.493 e. The highest BCUT2D eigenvalue weighted by molar-refractivity contribution is 6.04. The molecule has 168 valence electrons. The molecule has 1 fully saturated rings. The lowest BCUT2D eigenvalue weighted by molar-refractivity contribution is 0.102. The van der Waals surface area contributed by atoms with Crippen molar-refractivity contribution in [1.29, 1.82) is 0 Å². The molecule has 0 atom stereocenters. The number of aryl methyl sites for hydroxylation is 2. The van der Waals surface area contributed by atoms with Crippen molar-refractivity contribution in [3.05, 3.63) is 65.0 Å². The average Bonchev–Trinajstić information content (AvgIpc) is 3.15. The molecule has 1 aliphatic heterocycles. The van der Waals surface area contributed by atoms with Gasteiger partial charge in [-0.3, -0.25) is 4.79 Å². The molecule has 0 unspecified atom stereocenters. The summed E-state index contributed by atoms with van der Waals surface area (Å²) in [6.45, 7) is 6.22. The summed E-state index contributed by atoms with van der Waals surface area (Å²) in [5, 5.41) is 6.89. The lowest BCUT2D eigenvalue weighted by Crippen LogP contribution is -2.29. The van der Waals surface area contributed by atoms with Gasteiger partial charge < -0.3 is 24.2 Å². The number of rotatable bonds is 7. The van der Waals surface area contributed by atoms with Gasteiger partial charge in [0.1, 0.15) is 12.4 Å². The second-order valence-electron chi connectivity index (χ2n) is 8.01.